The summed E-state index contributed by atoms with van der Waals surface area (Å²) in [6, 6.07) is 25.2. The molecular weight excluding hydrogens is 745 g/mol. The number of nitrogens with zero attached hydrogens (tertiary/aromatic N) is 5. The molecular formula is C46H46N8O5. The third-order valence-electron chi connectivity index (χ3n) is 11.0. The Morgan fingerprint density at radius 2 is 1.20 bits per heavy atom. The van der Waals surface area contributed by atoms with Crippen LogP contribution >= 0.6 is 0 Å². The number of carbonyl (C=O) groups excluding carboxylic acids is 3. The zero-order valence-corrected chi connectivity index (χ0v) is 32.9. The first kappa shape index (κ1) is 39.2. The molecule has 8 rings (SSSR count). The fourth-order valence-electron chi connectivity index (χ4n) is 8.10. The molecule has 0 saturated carbocycles. The topological polar surface area (TPSA) is 149 Å². The van der Waals surface area contributed by atoms with Crippen molar-refractivity contribution in [1.82, 2.24) is 40.0 Å². The van der Waals surface area contributed by atoms with Crippen molar-refractivity contribution in [1.29, 1.82) is 0 Å². The lowest BCUT2D eigenvalue weighted by Gasteiger charge is -2.37. The van der Waals surface area contributed by atoms with Crippen LogP contribution in [-0.4, -0.2) is 99.0 Å². The van der Waals surface area contributed by atoms with Gasteiger partial charge < -0.3 is 34.6 Å². The summed E-state index contributed by atoms with van der Waals surface area (Å²) < 4.78 is 10.4. The molecule has 3 fully saturated rings. The Bertz CT molecular complexity index is 2370. The van der Waals surface area contributed by atoms with Gasteiger partial charge in [-0.05, 0) is 72.9 Å². The molecule has 3 aliphatic heterocycles. The number of aromatic amines is 2. The maximum Gasteiger partial charge on any atom is 0.407 e. The third-order valence-corrected chi connectivity index (χ3v) is 11.0. The highest BCUT2D eigenvalue weighted by Gasteiger charge is 2.39. The van der Waals surface area contributed by atoms with Crippen LogP contribution in [0.3, 0.4) is 0 Å². The lowest BCUT2D eigenvalue weighted by Crippen LogP contribution is -2.47. The van der Waals surface area contributed by atoms with Crippen LogP contribution in [-0.2, 0) is 19.1 Å². The number of carbonyl (C=O) groups is 3. The first-order chi connectivity index (χ1) is 28.9. The summed E-state index contributed by atoms with van der Waals surface area (Å²) in [6.45, 7) is 3.88. The van der Waals surface area contributed by atoms with Crippen molar-refractivity contribution in [2.45, 2.75) is 49.9 Å². The Balaban J connectivity index is 0.901. The second kappa shape index (κ2) is 18.3. The second-order valence-corrected chi connectivity index (χ2v) is 14.8. The van der Waals surface area contributed by atoms with Gasteiger partial charge in [-0.3, -0.25) is 14.5 Å². The number of amides is 3. The maximum absolute atomic E-state index is 14.2. The highest BCUT2D eigenvalue weighted by molar-refractivity contribution is 5.87. The van der Waals surface area contributed by atoms with E-state index in [2.05, 4.69) is 53.8 Å². The van der Waals surface area contributed by atoms with Gasteiger partial charge >= 0.3 is 6.09 Å². The molecule has 3 amide bonds. The maximum atomic E-state index is 14.2. The number of alkyl carbamates (subject to hydrolysis) is 1. The molecule has 13 nitrogen and oxygen atoms in total. The Kier molecular flexibility index (Phi) is 12.1. The third kappa shape index (κ3) is 9.07. The average molecular weight is 791 g/mol. The number of likely N-dealkylation sites (tertiary alicyclic amines) is 2. The van der Waals surface area contributed by atoms with Gasteiger partial charge in [0.1, 0.15) is 35.1 Å². The molecule has 3 aliphatic rings. The standard InChI is InChI=1S/C46H46N8O5/c1-58-46(57)51-40(34-10-4-2-5-11-34)44(55)53-24-8-14-38(53)42-47-30-36(49-42)22-20-32-16-18-33(19-17-32)21-23-37-31-48-43(50-37)39-15-9-25-54(39)45(56)41(35-12-6-3-7-13-35)52-26-28-59-29-27-52/h2-7,10-13,16-19,30-31,38-41H,8-9,14-15,24-29H2,1H3,(H,47,49)(H,48,50)(H,51,57). The summed E-state index contributed by atoms with van der Waals surface area (Å²) in [7, 11) is 1.27. The molecule has 5 heterocycles. The lowest BCUT2D eigenvalue weighted by molar-refractivity contribution is -0.140. The molecule has 59 heavy (non-hydrogen) atoms. The van der Waals surface area contributed by atoms with Crippen molar-refractivity contribution < 1.29 is 23.9 Å². The fourth-order valence-corrected chi connectivity index (χ4v) is 8.10. The first-order valence-corrected chi connectivity index (χ1v) is 20.1. The summed E-state index contributed by atoms with van der Waals surface area (Å²) >= 11 is 0. The zero-order chi connectivity index (χ0) is 40.6. The van der Waals surface area contributed by atoms with Gasteiger partial charge in [-0.2, -0.15) is 0 Å². The number of aromatic nitrogens is 4. The van der Waals surface area contributed by atoms with E-state index in [4.69, 9.17) is 9.47 Å². The fraction of sp³-hybridized carbons (Fsp3) is 0.326. The Morgan fingerprint density at radius 3 is 1.73 bits per heavy atom. The minimum Gasteiger partial charge on any atom is -0.453 e. The van der Waals surface area contributed by atoms with Crippen molar-refractivity contribution in [2.75, 3.05) is 46.5 Å². The monoisotopic (exact) mass is 790 g/mol. The molecule has 300 valence electrons. The van der Waals surface area contributed by atoms with E-state index < -0.39 is 12.1 Å². The summed E-state index contributed by atoms with van der Waals surface area (Å²) in [5.74, 6) is 14.0. The average Bonchev–Trinajstić information content (AvgIpc) is 4.13. The highest BCUT2D eigenvalue weighted by Crippen LogP contribution is 2.35. The van der Waals surface area contributed by atoms with Gasteiger partial charge in [0.25, 0.3) is 5.91 Å². The molecule has 5 aromatic rings. The number of hydrogen-bond donors (Lipinski definition) is 3. The van der Waals surface area contributed by atoms with Crippen LogP contribution in [0.2, 0.25) is 0 Å². The van der Waals surface area contributed by atoms with Gasteiger partial charge in [-0.1, -0.05) is 72.5 Å². The summed E-state index contributed by atoms with van der Waals surface area (Å²) in [5.41, 5.74) is 4.62. The molecule has 0 radical (unpaired) electrons. The summed E-state index contributed by atoms with van der Waals surface area (Å²) in [4.78, 5) is 62.1. The van der Waals surface area contributed by atoms with Crippen molar-refractivity contribution in [2.24, 2.45) is 0 Å². The zero-order valence-electron chi connectivity index (χ0n) is 32.9. The van der Waals surface area contributed by atoms with E-state index >= 15 is 0 Å². The smallest absolute Gasteiger partial charge is 0.407 e. The number of methoxy groups -OCH3 is 1. The number of imidazole rings is 2. The second-order valence-electron chi connectivity index (χ2n) is 14.8. The number of morpholine rings is 1. The quantitative estimate of drug-likeness (QED) is 0.176. The number of nitrogens with one attached hydrogen (secondary N) is 3. The van der Waals surface area contributed by atoms with Crippen molar-refractivity contribution >= 4 is 17.9 Å². The molecule has 3 saturated heterocycles. The van der Waals surface area contributed by atoms with Crippen molar-refractivity contribution in [3.05, 3.63) is 143 Å². The normalized spacial score (nSPS) is 18.9. The molecule has 0 spiro atoms. The van der Waals surface area contributed by atoms with Gasteiger partial charge in [0.05, 0.1) is 44.8 Å². The lowest BCUT2D eigenvalue weighted by atomic mass is 10.0. The van der Waals surface area contributed by atoms with Crippen LogP contribution in [0.4, 0.5) is 4.79 Å². The van der Waals surface area contributed by atoms with Gasteiger partial charge in [0, 0.05) is 37.3 Å². The number of rotatable bonds is 8. The van der Waals surface area contributed by atoms with Gasteiger partial charge in [-0.25, -0.2) is 14.8 Å². The SMILES string of the molecule is COC(=O)NC(C(=O)N1CCCC1c1ncc(C#Cc2ccc(C#Cc3cnc(C4CCCN4C(=O)C(c4ccccc4)N4CCOCC4)[nH]3)cc2)[nH]1)c1ccccc1. The molecule has 3 aromatic carbocycles. The molecule has 2 aromatic heterocycles. The Hall–Kier alpha value is -6.67. The van der Waals surface area contributed by atoms with Gasteiger partial charge in [0.2, 0.25) is 5.91 Å². The molecule has 4 unspecified atom stereocenters. The highest BCUT2D eigenvalue weighted by atomic mass is 16.5. The van der Waals surface area contributed by atoms with Crippen LogP contribution in [0.1, 0.15) is 95.1 Å². The number of benzene rings is 3. The van der Waals surface area contributed by atoms with E-state index in [9.17, 15) is 14.4 Å². The largest absolute Gasteiger partial charge is 0.453 e. The Morgan fingerprint density at radius 1 is 0.695 bits per heavy atom. The van der Waals surface area contributed by atoms with E-state index in [0.717, 1.165) is 48.2 Å². The number of ether oxygens (including phenoxy) is 2. The molecule has 3 N–H and O–H groups in total. The van der Waals surface area contributed by atoms with Crippen LogP contribution in [0.25, 0.3) is 0 Å². The van der Waals surface area contributed by atoms with E-state index in [0.29, 0.717) is 62.2 Å². The molecule has 4 atom stereocenters. The van der Waals surface area contributed by atoms with Crippen LogP contribution < -0.4 is 5.32 Å². The van der Waals surface area contributed by atoms with E-state index in [1.54, 1.807) is 17.3 Å². The first-order valence-electron chi connectivity index (χ1n) is 20.1. The van der Waals surface area contributed by atoms with Gasteiger partial charge in [-0.15, -0.1) is 0 Å². The minimum absolute atomic E-state index is 0.0943. The number of H-pyrrole nitrogens is 2. The van der Waals surface area contributed by atoms with E-state index in [1.165, 1.54) is 7.11 Å². The summed E-state index contributed by atoms with van der Waals surface area (Å²) in [6.07, 6.45) is 6.02. The molecule has 13 heteroatoms. The molecule has 0 bridgehead atoms. The van der Waals surface area contributed by atoms with E-state index in [-0.39, 0.29) is 29.9 Å². The predicted molar refractivity (Wildman–Crippen MR) is 219 cm³/mol. The van der Waals surface area contributed by atoms with Gasteiger partial charge in [0.15, 0.2) is 0 Å². The Labute approximate surface area is 343 Å². The van der Waals surface area contributed by atoms with Crippen molar-refractivity contribution in [3.63, 3.8) is 0 Å². The predicted octanol–water partition coefficient (Wildman–Crippen LogP) is 5.43. The molecule has 0 aliphatic carbocycles. The van der Waals surface area contributed by atoms with Crippen LogP contribution in [0.5, 0.6) is 0 Å². The number of hydrogen-bond acceptors (Lipinski definition) is 8. The summed E-state index contributed by atoms with van der Waals surface area (Å²) in [5, 5.41) is 2.69. The van der Waals surface area contributed by atoms with Crippen LogP contribution in [0, 0.1) is 23.7 Å². The van der Waals surface area contributed by atoms with E-state index in [1.807, 2.05) is 89.8 Å². The van der Waals surface area contributed by atoms with Crippen molar-refractivity contribution in [3.8, 4) is 23.7 Å². The minimum atomic E-state index is -0.886. The van der Waals surface area contributed by atoms with Crippen LogP contribution in [0.15, 0.2) is 97.3 Å².